The molecule has 0 saturated heterocycles. The average molecular weight is 290 g/mol. The number of ether oxygens (including phenoxy) is 1. The van der Waals surface area contributed by atoms with E-state index in [-0.39, 0.29) is 0 Å². The summed E-state index contributed by atoms with van der Waals surface area (Å²) in [5.41, 5.74) is 1.20. The van der Waals surface area contributed by atoms with E-state index < -0.39 is 0 Å². The van der Waals surface area contributed by atoms with E-state index in [0.717, 1.165) is 22.0 Å². The van der Waals surface area contributed by atoms with Crippen LogP contribution in [0.1, 0.15) is 12.0 Å². The number of benzene rings is 1. The number of hydrogen-bond donors (Lipinski definition) is 0. The SMILES string of the molecule is COc1ccc(CCC=O)c(I)c1. The molecule has 0 aliphatic heterocycles. The molecule has 0 unspecified atom stereocenters. The molecule has 2 nitrogen and oxygen atoms in total. The highest BCUT2D eigenvalue weighted by Gasteiger charge is 2.00. The van der Waals surface area contributed by atoms with Crippen molar-refractivity contribution in [3.63, 3.8) is 0 Å². The molecule has 3 heteroatoms. The van der Waals surface area contributed by atoms with E-state index in [0.29, 0.717) is 6.42 Å². The third-order valence-corrected chi connectivity index (χ3v) is 2.80. The number of aryl methyl sites for hydroxylation is 1. The molecule has 0 radical (unpaired) electrons. The standard InChI is InChI=1S/C10H11IO2/c1-13-9-5-4-8(3-2-6-12)10(11)7-9/h4-7H,2-3H2,1H3. The first-order valence-electron chi connectivity index (χ1n) is 4.04. The predicted molar refractivity (Wildman–Crippen MR) is 60.1 cm³/mol. The molecule has 1 aromatic carbocycles. The highest BCUT2D eigenvalue weighted by atomic mass is 127. The molecule has 0 N–H and O–H groups in total. The maximum atomic E-state index is 10.2. The van der Waals surface area contributed by atoms with Crippen LogP contribution in [0, 0.1) is 3.57 Å². The van der Waals surface area contributed by atoms with Gasteiger partial charge in [0.05, 0.1) is 7.11 Å². The summed E-state index contributed by atoms with van der Waals surface area (Å²) >= 11 is 2.25. The monoisotopic (exact) mass is 290 g/mol. The summed E-state index contributed by atoms with van der Waals surface area (Å²) in [7, 11) is 1.65. The number of halogens is 1. The van der Waals surface area contributed by atoms with Crippen molar-refractivity contribution in [1.29, 1.82) is 0 Å². The zero-order valence-corrected chi connectivity index (χ0v) is 9.58. The second-order valence-corrected chi connectivity index (χ2v) is 3.82. The summed E-state index contributed by atoms with van der Waals surface area (Å²) in [5, 5.41) is 0. The average Bonchev–Trinajstić information content (AvgIpc) is 2.16. The van der Waals surface area contributed by atoms with Gasteiger partial charge in [0, 0.05) is 9.99 Å². The van der Waals surface area contributed by atoms with E-state index in [1.54, 1.807) is 7.11 Å². The lowest BCUT2D eigenvalue weighted by Crippen LogP contribution is -1.91. The fourth-order valence-corrected chi connectivity index (χ4v) is 1.83. The molecule has 0 saturated carbocycles. The lowest BCUT2D eigenvalue weighted by atomic mass is 10.1. The molecular weight excluding hydrogens is 279 g/mol. The summed E-state index contributed by atoms with van der Waals surface area (Å²) in [5.74, 6) is 0.860. The first-order valence-corrected chi connectivity index (χ1v) is 5.12. The lowest BCUT2D eigenvalue weighted by Gasteiger charge is -2.04. The largest absolute Gasteiger partial charge is 0.497 e. The van der Waals surface area contributed by atoms with Gasteiger partial charge in [-0.2, -0.15) is 0 Å². The van der Waals surface area contributed by atoms with Gasteiger partial charge >= 0.3 is 0 Å². The van der Waals surface area contributed by atoms with Crippen molar-refractivity contribution in [2.45, 2.75) is 12.8 Å². The van der Waals surface area contributed by atoms with E-state index in [2.05, 4.69) is 22.6 Å². The normalized spacial score (nSPS) is 9.69. The number of hydrogen-bond acceptors (Lipinski definition) is 2. The Balaban J connectivity index is 2.78. The van der Waals surface area contributed by atoms with Crippen molar-refractivity contribution in [2.24, 2.45) is 0 Å². The molecule has 13 heavy (non-hydrogen) atoms. The molecule has 1 aromatic rings. The lowest BCUT2D eigenvalue weighted by molar-refractivity contribution is -0.107. The smallest absolute Gasteiger partial charge is 0.120 e. The summed E-state index contributed by atoms with van der Waals surface area (Å²) in [6, 6.07) is 5.90. The van der Waals surface area contributed by atoms with Crippen molar-refractivity contribution in [3.05, 3.63) is 27.3 Å². The second-order valence-electron chi connectivity index (χ2n) is 2.66. The molecule has 0 aromatic heterocycles. The Labute approximate surface area is 91.4 Å². The van der Waals surface area contributed by atoms with Crippen LogP contribution in [0.15, 0.2) is 18.2 Å². The zero-order valence-electron chi connectivity index (χ0n) is 7.42. The van der Waals surface area contributed by atoms with Crippen LogP contribution < -0.4 is 4.74 Å². The van der Waals surface area contributed by atoms with Crippen molar-refractivity contribution < 1.29 is 9.53 Å². The first kappa shape index (κ1) is 10.5. The first-order chi connectivity index (χ1) is 6.27. The van der Waals surface area contributed by atoms with Crippen LogP contribution in [0.2, 0.25) is 0 Å². The van der Waals surface area contributed by atoms with Crippen molar-refractivity contribution in [2.75, 3.05) is 7.11 Å². The fourth-order valence-electron chi connectivity index (χ4n) is 1.07. The van der Waals surface area contributed by atoms with Gasteiger partial charge in [0.1, 0.15) is 12.0 Å². The van der Waals surface area contributed by atoms with Gasteiger partial charge in [0.15, 0.2) is 0 Å². The van der Waals surface area contributed by atoms with Crippen LogP contribution in [0.3, 0.4) is 0 Å². The summed E-state index contributed by atoms with van der Waals surface area (Å²) < 4.78 is 6.23. The number of aldehydes is 1. The van der Waals surface area contributed by atoms with Crippen molar-refractivity contribution >= 4 is 28.9 Å². The molecule has 0 spiro atoms. The molecular formula is C10H11IO2. The van der Waals surface area contributed by atoms with Crippen LogP contribution in [-0.2, 0) is 11.2 Å². The summed E-state index contributed by atoms with van der Waals surface area (Å²) in [6.45, 7) is 0. The molecule has 0 aliphatic rings. The van der Waals surface area contributed by atoms with Crippen LogP contribution >= 0.6 is 22.6 Å². The molecule has 70 valence electrons. The summed E-state index contributed by atoms with van der Waals surface area (Å²) in [4.78, 5) is 10.2. The van der Waals surface area contributed by atoms with Gasteiger partial charge in [-0.25, -0.2) is 0 Å². The van der Waals surface area contributed by atoms with Crippen LogP contribution in [0.4, 0.5) is 0 Å². The molecule has 0 aliphatic carbocycles. The molecule has 0 amide bonds. The zero-order chi connectivity index (χ0) is 9.68. The number of methoxy groups -OCH3 is 1. The van der Waals surface area contributed by atoms with Crippen molar-refractivity contribution in [1.82, 2.24) is 0 Å². The fraction of sp³-hybridized carbons (Fsp3) is 0.300. The predicted octanol–water partition coefficient (Wildman–Crippen LogP) is 2.43. The van der Waals surface area contributed by atoms with Gasteiger partial charge < -0.3 is 9.53 Å². The number of carbonyl (C=O) groups is 1. The highest BCUT2D eigenvalue weighted by Crippen LogP contribution is 2.20. The van der Waals surface area contributed by atoms with E-state index in [4.69, 9.17) is 4.74 Å². The Morgan fingerprint density at radius 1 is 1.54 bits per heavy atom. The minimum Gasteiger partial charge on any atom is -0.497 e. The Bertz CT molecular complexity index is 297. The van der Waals surface area contributed by atoms with Crippen LogP contribution in [-0.4, -0.2) is 13.4 Å². The Morgan fingerprint density at radius 2 is 2.31 bits per heavy atom. The molecule has 0 fully saturated rings. The third-order valence-electron chi connectivity index (χ3n) is 1.79. The maximum Gasteiger partial charge on any atom is 0.120 e. The second kappa shape index (κ2) is 5.21. The minimum absolute atomic E-state index is 0.586. The number of rotatable bonds is 4. The quantitative estimate of drug-likeness (QED) is 0.629. The van der Waals surface area contributed by atoms with Crippen LogP contribution in [0.25, 0.3) is 0 Å². The van der Waals surface area contributed by atoms with Crippen LogP contribution in [0.5, 0.6) is 5.75 Å². The van der Waals surface area contributed by atoms with Crippen molar-refractivity contribution in [3.8, 4) is 5.75 Å². The van der Waals surface area contributed by atoms with Gasteiger partial charge in [0.25, 0.3) is 0 Å². The van der Waals surface area contributed by atoms with Gasteiger partial charge in [-0.15, -0.1) is 0 Å². The highest BCUT2D eigenvalue weighted by molar-refractivity contribution is 14.1. The molecule has 0 heterocycles. The Morgan fingerprint density at radius 3 is 2.85 bits per heavy atom. The van der Waals surface area contributed by atoms with Gasteiger partial charge in [0.2, 0.25) is 0 Å². The Hall–Kier alpha value is -0.580. The Kier molecular flexibility index (Phi) is 4.21. The van der Waals surface area contributed by atoms with Gasteiger partial charge in [-0.1, -0.05) is 6.07 Å². The van der Waals surface area contributed by atoms with E-state index in [1.165, 1.54) is 5.56 Å². The molecule has 0 bridgehead atoms. The van der Waals surface area contributed by atoms with E-state index >= 15 is 0 Å². The van der Waals surface area contributed by atoms with E-state index in [1.807, 2.05) is 18.2 Å². The molecule has 0 atom stereocenters. The third kappa shape index (κ3) is 2.99. The maximum absolute atomic E-state index is 10.2. The number of carbonyl (C=O) groups excluding carboxylic acids is 1. The van der Waals surface area contributed by atoms with E-state index in [9.17, 15) is 4.79 Å². The summed E-state index contributed by atoms with van der Waals surface area (Å²) in [6.07, 6.45) is 2.34. The topological polar surface area (TPSA) is 26.3 Å². The van der Waals surface area contributed by atoms with Gasteiger partial charge in [-0.3, -0.25) is 0 Å². The minimum atomic E-state index is 0.586. The van der Waals surface area contributed by atoms with Gasteiger partial charge in [-0.05, 0) is 46.7 Å². The molecule has 1 rings (SSSR count).